The topological polar surface area (TPSA) is 75.6 Å². The predicted molar refractivity (Wildman–Crippen MR) is 74.3 cm³/mol. The molecular weight excluding hydrogens is 258 g/mol. The van der Waals surface area contributed by atoms with Crippen molar-refractivity contribution in [3.63, 3.8) is 0 Å². The average Bonchev–Trinajstić information content (AvgIpc) is 2.59. The summed E-state index contributed by atoms with van der Waals surface area (Å²) >= 11 is 0. The quantitative estimate of drug-likeness (QED) is 0.758. The molecule has 0 aliphatic heterocycles. The van der Waals surface area contributed by atoms with E-state index >= 15 is 0 Å². The lowest BCUT2D eigenvalue weighted by Crippen LogP contribution is -2.49. The number of carboxylic acids is 1. The molecule has 0 radical (unpaired) electrons. The van der Waals surface area contributed by atoms with E-state index < -0.39 is 11.4 Å². The van der Waals surface area contributed by atoms with Crippen molar-refractivity contribution in [2.45, 2.75) is 69.9 Å². The highest BCUT2D eigenvalue weighted by molar-refractivity contribution is 5.85. The van der Waals surface area contributed by atoms with E-state index in [0.29, 0.717) is 12.8 Å². The Hall–Kier alpha value is -1.10. The van der Waals surface area contributed by atoms with Gasteiger partial charge in [0, 0.05) is 19.6 Å². The van der Waals surface area contributed by atoms with Crippen LogP contribution in [0.3, 0.4) is 0 Å². The zero-order valence-corrected chi connectivity index (χ0v) is 12.2. The maximum atomic E-state index is 12.1. The molecule has 0 aromatic rings. The van der Waals surface area contributed by atoms with Gasteiger partial charge in [-0.1, -0.05) is 25.7 Å². The molecule has 1 amide bonds. The van der Waals surface area contributed by atoms with E-state index in [1.54, 1.807) is 7.11 Å². The second-order valence-corrected chi connectivity index (χ2v) is 6.27. The fraction of sp³-hybridized carbons (Fsp3) is 0.867. The molecule has 114 valence electrons. The minimum absolute atomic E-state index is 0.117. The molecule has 0 bridgehead atoms. The molecular formula is C15H25NO4. The zero-order chi connectivity index (χ0) is 14.6. The Kier molecular flexibility index (Phi) is 5.02. The van der Waals surface area contributed by atoms with Gasteiger partial charge in [0.05, 0.1) is 11.5 Å². The molecule has 2 saturated carbocycles. The molecule has 5 nitrogen and oxygen atoms in total. The SMILES string of the molecule is COC1CC(NC(=O)CC2(C(=O)O)CCCCCC2)C1. The van der Waals surface area contributed by atoms with E-state index in [1.807, 2.05) is 0 Å². The highest BCUT2D eigenvalue weighted by atomic mass is 16.5. The maximum Gasteiger partial charge on any atom is 0.310 e. The first-order chi connectivity index (χ1) is 9.55. The summed E-state index contributed by atoms with van der Waals surface area (Å²) in [6, 6.07) is 0.157. The maximum absolute atomic E-state index is 12.1. The van der Waals surface area contributed by atoms with E-state index in [9.17, 15) is 14.7 Å². The lowest BCUT2D eigenvalue weighted by atomic mass is 9.77. The third-order valence-electron chi connectivity index (χ3n) is 4.81. The molecule has 5 heteroatoms. The Bertz CT molecular complexity index is 355. The van der Waals surface area contributed by atoms with Crippen LogP contribution in [0.1, 0.15) is 57.8 Å². The standard InChI is InChI=1S/C15H25NO4/c1-20-12-8-11(9-12)16-13(17)10-15(14(18)19)6-4-2-3-5-7-15/h11-12H,2-10H2,1H3,(H,16,17)(H,18,19). The molecule has 0 atom stereocenters. The number of hydrogen-bond donors (Lipinski definition) is 2. The third kappa shape index (κ3) is 3.51. The van der Waals surface area contributed by atoms with Crippen molar-refractivity contribution in [2.75, 3.05) is 7.11 Å². The first kappa shape index (κ1) is 15.3. The molecule has 20 heavy (non-hydrogen) atoms. The van der Waals surface area contributed by atoms with Crippen molar-refractivity contribution >= 4 is 11.9 Å². The van der Waals surface area contributed by atoms with Crippen LogP contribution < -0.4 is 5.32 Å². The molecule has 0 heterocycles. The van der Waals surface area contributed by atoms with Gasteiger partial charge in [-0.3, -0.25) is 9.59 Å². The largest absolute Gasteiger partial charge is 0.481 e. The first-order valence-electron chi connectivity index (χ1n) is 7.61. The van der Waals surface area contributed by atoms with Crippen molar-refractivity contribution in [3.05, 3.63) is 0 Å². The van der Waals surface area contributed by atoms with Crippen LogP contribution in [0.4, 0.5) is 0 Å². The molecule has 0 aromatic carbocycles. The first-order valence-corrected chi connectivity index (χ1v) is 7.61. The molecule has 0 spiro atoms. The van der Waals surface area contributed by atoms with Crippen LogP contribution in [0.25, 0.3) is 0 Å². The van der Waals surface area contributed by atoms with E-state index in [4.69, 9.17) is 4.74 Å². The number of carboxylic acid groups (broad SMARTS) is 1. The third-order valence-corrected chi connectivity index (χ3v) is 4.81. The number of methoxy groups -OCH3 is 1. The molecule has 0 saturated heterocycles. The number of carbonyl (C=O) groups excluding carboxylic acids is 1. The molecule has 2 aliphatic carbocycles. The van der Waals surface area contributed by atoms with Crippen molar-refractivity contribution in [1.29, 1.82) is 0 Å². The van der Waals surface area contributed by atoms with Crippen molar-refractivity contribution in [3.8, 4) is 0 Å². The predicted octanol–water partition coefficient (Wildman–Crippen LogP) is 2.10. The van der Waals surface area contributed by atoms with Gasteiger partial charge in [-0.25, -0.2) is 0 Å². The number of carbonyl (C=O) groups is 2. The van der Waals surface area contributed by atoms with Gasteiger partial charge in [0.25, 0.3) is 0 Å². The summed E-state index contributed by atoms with van der Waals surface area (Å²) in [6.07, 6.45) is 7.27. The van der Waals surface area contributed by atoms with Crippen LogP contribution in [0.2, 0.25) is 0 Å². The van der Waals surface area contributed by atoms with E-state index in [0.717, 1.165) is 38.5 Å². The van der Waals surface area contributed by atoms with Crippen LogP contribution in [0.15, 0.2) is 0 Å². The fourth-order valence-corrected chi connectivity index (χ4v) is 3.33. The number of amides is 1. The monoisotopic (exact) mass is 283 g/mol. The number of hydrogen-bond acceptors (Lipinski definition) is 3. The number of nitrogens with one attached hydrogen (secondary N) is 1. The number of ether oxygens (including phenoxy) is 1. The van der Waals surface area contributed by atoms with Crippen LogP contribution in [-0.2, 0) is 14.3 Å². The average molecular weight is 283 g/mol. The Morgan fingerprint density at radius 3 is 2.30 bits per heavy atom. The lowest BCUT2D eigenvalue weighted by Gasteiger charge is -2.35. The van der Waals surface area contributed by atoms with Gasteiger partial charge in [-0.05, 0) is 25.7 Å². The smallest absolute Gasteiger partial charge is 0.310 e. The normalized spacial score (nSPS) is 29.1. The van der Waals surface area contributed by atoms with Gasteiger partial charge < -0.3 is 15.2 Å². The minimum atomic E-state index is -0.842. The Morgan fingerprint density at radius 2 is 1.80 bits per heavy atom. The van der Waals surface area contributed by atoms with E-state index in [2.05, 4.69) is 5.32 Å². The van der Waals surface area contributed by atoms with Gasteiger partial charge >= 0.3 is 5.97 Å². The lowest BCUT2D eigenvalue weighted by molar-refractivity contribution is -0.153. The van der Waals surface area contributed by atoms with Crippen molar-refractivity contribution < 1.29 is 19.4 Å². The highest BCUT2D eigenvalue weighted by Gasteiger charge is 2.41. The zero-order valence-electron chi connectivity index (χ0n) is 12.2. The molecule has 2 rings (SSSR count). The van der Waals surface area contributed by atoms with Gasteiger partial charge in [-0.2, -0.15) is 0 Å². The molecule has 2 aliphatic rings. The second kappa shape index (κ2) is 6.57. The summed E-state index contributed by atoms with van der Waals surface area (Å²) in [7, 11) is 1.67. The van der Waals surface area contributed by atoms with Gasteiger partial charge in [-0.15, -0.1) is 0 Å². The summed E-state index contributed by atoms with van der Waals surface area (Å²) in [6.45, 7) is 0. The van der Waals surface area contributed by atoms with Crippen LogP contribution in [0, 0.1) is 5.41 Å². The summed E-state index contributed by atoms with van der Waals surface area (Å²) in [5, 5.41) is 12.5. The number of rotatable bonds is 5. The Morgan fingerprint density at radius 1 is 1.20 bits per heavy atom. The molecule has 0 unspecified atom stereocenters. The van der Waals surface area contributed by atoms with Gasteiger partial charge in [0.1, 0.15) is 0 Å². The van der Waals surface area contributed by atoms with Crippen LogP contribution >= 0.6 is 0 Å². The second-order valence-electron chi connectivity index (χ2n) is 6.27. The number of aliphatic carboxylic acids is 1. The van der Waals surface area contributed by atoms with E-state index in [-0.39, 0.29) is 24.5 Å². The molecule has 2 N–H and O–H groups in total. The van der Waals surface area contributed by atoms with Gasteiger partial charge in [0.15, 0.2) is 0 Å². The van der Waals surface area contributed by atoms with Gasteiger partial charge in [0.2, 0.25) is 5.91 Å². The molecule has 2 fully saturated rings. The highest BCUT2D eigenvalue weighted by Crippen LogP contribution is 2.38. The van der Waals surface area contributed by atoms with Crippen LogP contribution in [-0.4, -0.2) is 36.2 Å². The minimum Gasteiger partial charge on any atom is -0.481 e. The van der Waals surface area contributed by atoms with Crippen molar-refractivity contribution in [2.24, 2.45) is 5.41 Å². The van der Waals surface area contributed by atoms with Crippen molar-refractivity contribution in [1.82, 2.24) is 5.32 Å². The molecule has 0 aromatic heterocycles. The summed E-state index contributed by atoms with van der Waals surface area (Å²) in [5.74, 6) is -0.924. The Balaban J connectivity index is 1.87. The summed E-state index contributed by atoms with van der Waals surface area (Å²) in [4.78, 5) is 23.7. The summed E-state index contributed by atoms with van der Waals surface area (Å²) < 4.78 is 5.18. The van der Waals surface area contributed by atoms with E-state index in [1.165, 1.54) is 0 Å². The fourth-order valence-electron chi connectivity index (χ4n) is 3.33. The Labute approximate surface area is 120 Å². The van der Waals surface area contributed by atoms with Crippen LogP contribution in [0.5, 0.6) is 0 Å². The summed E-state index contributed by atoms with van der Waals surface area (Å²) in [5.41, 5.74) is -0.842.